The SMILES string of the molecule is CC(NCCN)c1ccnc(Cl)c1. The van der Waals surface area contributed by atoms with Gasteiger partial charge in [-0.2, -0.15) is 0 Å². The summed E-state index contributed by atoms with van der Waals surface area (Å²) >= 11 is 5.76. The number of aromatic nitrogens is 1. The number of nitrogens with one attached hydrogen (secondary N) is 1. The second kappa shape index (κ2) is 5.17. The van der Waals surface area contributed by atoms with Crippen LogP contribution in [0.1, 0.15) is 18.5 Å². The molecule has 1 heterocycles. The molecule has 1 aromatic rings. The molecule has 0 spiro atoms. The minimum absolute atomic E-state index is 0.268. The summed E-state index contributed by atoms with van der Waals surface area (Å²) in [7, 11) is 0. The highest BCUT2D eigenvalue weighted by Gasteiger charge is 2.03. The molecule has 0 aliphatic carbocycles. The number of pyridine rings is 1. The molecule has 1 rings (SSSR count). The van der Waals surface area contributed by atoms with Crippen molar-refractivity contribution in [1.82, 2.24) is 10.3 Å². The van der Waals surface area contributed by atoms with Gasteiger partial charge in [0.1, 0.15) is 5.15 Å². The fourth-order valence-electron chi connectivity index (χ4n) is 1.10. The quantitative estimate of drug-likeness (QED) is 0.720. The van der Waals surface area contributed by atoms with E-state index in [1.165, 1.54) is 0 Å². The molecule has 3 N–H and O–H groups in total. The van der Waals surface area contributed by atoms with Gasteiger partial charge in [0.2, 0.25) is 0 Å². The molecule has 1 unspecified atom stereocenters. The van der Waals surface area contributed by atoms with Crippen LogP contribution in [0.2, 0.25) is 5.15 Å². The van der Waals surface area contributed by atoms with Crippen LogP contribution in [0.5, 0.6) is 0 Å². The van der Waals surface area contributed by atoms with Crippen molar-refractivity contribution < 1.29 is 0 Å². The zero-order valence-electron chi connectivity index (χ0n) is 7.63. The molecule has 4 heteroatoms. The van der Waals surface area contributed by atoms with Crippen molar-refractivity contribution in [3.05, 3.63) is 29.0 Å². The Labute approximate surface area is 83.3 Å². The summed E-state index contributed by atoms with van der Waals surface area (Å²) in [6.45, 7) is 3.52. The summed E-state index contributed by atoms with van der Waals surface area (Å²) in [6.07, 6.45) is 1.71. The van der Waals surface area contributed by atoms with Crippen LogP contribution in [0.3, 0.4) is 0 Å². The number of halogens is 1. The Morgan fingerprint density at radius 3 is 3.08 bits per heavy atom. The van der Waals surface area contributed by atoms with Crippen LogP contribution < -0.4 is 11.1 Å². The van der Waals surface area contributed by atoms with Gasteiger partial charge in [0.05, 0.1) is 0 Å². The lowest BCUT2D eigenvalue weighted by molar-refractivity contribution is 0.582. The van der Waals surface area contributed by atoms with Crippen LogP contribution in [-0.4, -0.2) is 18.1 Å². The zero-order chi connectivity index (χ0) is 9.68. The predicted molar refractivity (Wildman–Crippen MR) is 54.7 cm³/mol. The Balaban J connectivity index is 2.60. The molecule has 0 aliphatic rings. The van der Waals surface area contributed by atoms with Crippen LogP contribution in [0.4, 0.5) is 0 Å². The third-order valence-electron chi connectivity index (χ3n) is 1.85. The van der Waals surface area contributed by atoms with Crippen molar-refractivity contribution in [2.45, 2.75) is 13.0 Å². The first-order valence-corrected chi connectivity index (χ1v) is 4.66. The van der Waals surface area contributed by atoms with E-state index in [4.69, 9.17) is 17.3 Å². The first kappa shape index (κ1) is 10.4. The number of rotatable bonds is 4. The van der Waals surface area contributed by atoms with Crippen LogP contribution in [0.15, 0.2) is 18.3 Å². The maximum absolute atomic E-state index is 5.76. The molecule has 0 aliphatic heterocycles. The normalized spacial score (nSPS) is 12.8. The molecule has 0 fully saturated rings. The lowest BCUT2D eigenvalue weighted by Gasteiger charge is -2.12. The number of nitrogens with two attached hydrogens (primary N) is 1. The highest BCUT2D eigenvalue weighted by Crippen LogP contribution is 2.14. The topological polar surface area (TPSA) is 50.9 Å². The monoisotopic (exact) mass is 199 g/mol. The lowest BCUT2D eigenvalue weighted by Crippen LogP contribution is -2.25. The average molecular weight is 200 g/mol. The second-order valence-corrected chi connectivity index (χ2v) is 3.26. The molecule has 1 atom stereocenters. The predicted octanol–water partition coefficient (Wildman–Crippen LogP) is 1.34. The third kappa shape index (κ3) is 3.30. The highest BCUT2D eigenvalue weighted by molar-refractivity contribution is 6.29. The molecule has 1 aromatic heterocycles. The Hall–Kier alpha value is -0.640. The van der Waals surface area contributed by atoms with Crippen LogP contribution in [0, 0.1) is 0 Å². The number of nitrogens with zero attached hydrogens (tertiary/aromatic N) is 1. The van der Waals surface area contributed by atoms with Gasteiger partial charge >= 0.3 is 0 Å². The molecule has 0 amide bonds. The van der Waals surface area contributed by atoms with E-state index in [9.17, 15) is 0 Å². The fraction of sp³-hybridized carbons (Fsp3) is 0.444. The summed E-state index contributed by atoms with van der Waals surface area (Å²) in [5.41, 5.74) is 6.52. The van der Waals surface area contributed by atoms with Gasteiger partial charge in [-0.05, 0) is 24.6 Å². The van der Waals surface area contributed by atoms with Crippen LogP contribution in [0.25, 0.3) is 0 Å². The molecule has 13 heavy (non-hydrogen) atoms. The van der Waals surface area contributed by atoms with Crippen molar-refractivity contribution in [2.24, 2.45) is 5.73 Å². The molecular formula is C9H14ClN3. The maximum Gasteiger partial charge on any atom is 0.129 e. The van der Waals surface area contributed by atoms with E-state index in [0.29, 0.717) is 11.7 Å². The Bertz CT molecular complexity index is 265. The second-order valence-electron chi connectivity index (χ2n) is 2.88. The van der Waals surface area contributed by atoms with Crippen molar-refractivity contribution >= 4 is 11.6 Å². The summed E-state index contributed by atoms with van der Waals surface area (Å²) in [4.78, 5) is 3.92. The van der Waals surface area contributed by atoms with Crippen molar-refractivity contribution in [1.29, 1.82) is 0 Å². The average Bonchev–Trinajstić information content (AvgIpc) is 2.14. The minimum atomic E-state index is 0.268. The van der Waals surface area contributed by atoms with E-state index in [1.54, 1.807) is 6.20 Å². The molecule has 0 saturated heterocycles. The number of hydrogen-bond acceptors (Lipinski definition) is 3. The van der Waals surface area contributed by atoms with Gasteiger partial charge in [-0.3, -0.25) is 0 Å². The lowest BCUT2D eigenvalue weighted by atomic mass is 10.1. The van der Waals surface area contributed by atoms with Gasteiger partial charge in [0, 0.05) is 25.3 Å². The molecule has 72 valence electrons. The summed E-state index contributed by atoms with van der Waals surface area (Å²) in [5.74, 6) is 0. The Morgan fingerprint density at radius 2 is 2.46 bits per heavy atom. The first-order chi connectivity index (χ1) is 6.24. The van der Waals surface area contributed by atoms with Gasteiger partial charge < -0.3 is 11.1 Å². The van der Waals surface area contributed by atoms with Gasteiger partial charge in [-0.15, -0.1) is 0 Å². The Kier molecular flexibility index (Phi) is 4.15. The molecule has 0 radical (unpaired) electrons. The standard InChI is InChI=1S/C9H14ClN3/c1-7(12-5-3-11)8-2-4-13-9(10)6-8/h2,4,6-7,12H,3,5,11H2,1H3. The van der Waals surface area contributed by atoms with Crippen molar-refractivity contribution in [3.8, 4) is 0 Å². The van der Waals surface area contributed by atoms with Crippen molar-refractivity contribution in [2.75, 3.05) is 13.1 Å². The van der Waals surface area contributed by atoms with E-state index >= 15 is 0 Å². The summed E-state index contributed by atoms with van der Waals surface area (Å²) < 4.78 is 0. The minimum Gasteiger partial charge on any atom is -0.329 e. The van der Waals surface area contributed by atoms with Gasteiger partial charge in [-0.1, -0.05) is 11.6 Å². The largest absolute Gasteiger partial charge is 0.329 e. The first-order valence-electron chi connectivity index (χ1n) is 4.29. The smallest absolute Gasteiger partial charge is 0.129 e. The molecular weight excluding hydrogens is 186 g/mol. The van der Waals surface area contributed by atoms with Crippen LogP contribution >= 0.6 is 11.6 Å². The fourth-order valence-corrected chi connectivity index (χ4v) is 1.29. The maximum atomic E-state index is 5.76. The molecule has 0 saturated carbocycles. The van der Waals surface area contributed by atoms with E-state index < -0.39 is 0 Å². The third-order valence-corrected chi connectivity index (χ3v) is 2.05. The molecule has 3 nitrogen and oxygen atoms in total. The van der Waals surface area contributed by atoms with Gasteiger partial charge in [0.25, 0.3) is 0 Å². The molecule has 0 aromatic carbocycles. The zero-order valence-corrected chi connectivity index (χ0v) is 8.38. The number of hydrogen-bond donors (Lipinski definition) is 2. The Morgan fingerprint density at radius 1 is 1.69 bits per heavy atom. The van der Waals surface area contributed by atoms with E-state index in [0.717, 1.165) is 12.1 Å². The van der Waals surface area contributed by atoms with Crippen LogP contribution in [-0.2, 0) is 0 Å². The van der Waals surface area contributed by atoms with Crippen molar-refractivity contribution in [3.63, 3.8) is 0 Å². The highest BCUT2D eigenvalue weighted by atomic mass is 35.5. The van der Waals surface area contributed by atoms with E-state index in [-0.39, 0.29) is 6.04 Å². The van der Waals surface area contributed by atoms with E-state index in [1.807, 2.05) is 12.1 Å². The van der Waals surface area contributed by atoms with Gasteiger partial charge in [0.15, 0.2) is 0 Å². The summed E-state index contributed by atoms with van der Waals surface area (Å²) in [5, 5.41) is 3.79. The molecule has 0 bridgehead atoms. The van der Waals surface area contributed by atoms with Gasteiger partial charge in [-0.25, -0.2) is 4.98 Å². The summed E-state index contributed by atoms with van der Waals surface area (Å²) in [6, 6.07) is 4.07. The van der Waals surface area contributed by atoms with E-state index in [2.05, 4.69) is 17.2 Å².